The summed E-state index contributed by atoms with van der Waals surface area (Å²) in [5, 5.41) is 13.3. The van der Waals surface area contributed by atoms with Gasteiger partial charge in [-0.25, -0.2) is 9.97 Å². The van der Waals surface area contributed by atoms with E-state index in [4.69, 9.17) is 4.74 Å². The third-order valence-electron chi connectivity index (χ3n) is 2.90. The summed E-state index contributed by atoms with van der Waals surface area (Å²) in [6.45, 7) is 2.52. The SMILES string of the molecule is CCOc1ccc2nc(SCC(=O)Nc3ncc([N+](=O)[O-])s3)sc2c1. The molecule has 130 valence electrons. The molecule has 0 atom stereocenters. The van der Waals surface area contributed by atoms with Crippen LogP contribution < -0.4 is 10.1 Å². The number of fused-ring (bicyclic) bond motifs is 1. The first kappa shape index (κ1) is 17.6. The minimum atomic E-state index is -0.542. The Balaban J connectivity index is 1.59. The van der Waals surface area contributed by atoms with Crippen molar-refractivity contribution in [3.8, 4) is 5.75 Å². The summed E-state index contributed by atoms with van der Waals surface area (Å²) >= 11 is 3.61. The molecule has 0 aliphatic heterocycles. The van der Waals surface area contributed by atoms with Crippen molar-refractivity contribution in [1.82, 2.24) is 9.97 Å². The maximum absolute atomic E-state index is 11.9. The lowest BCUT2D eigenvalue weighted by atomic mass is 10.3. The van der Waals surface area contributed by atoms with Crippen LogP contribution in [0.15, 0.2) is 28.7 Å². The second kappa shape index (κ2) is 7.76. The van der Waals surface area contributed by atoms with Gasteiger partial charge in [-0.3, -0.25) is 14.9 Å². The molecule has 3 aromatic rings. The molecule has 0 fully saturated rings. The fraction of sp³-hybridized carbons (Fsp3) is 0.214. The number of nitro groups is 1. The normalized spacial score (nSPS) is 10.8. The van der Waals surface area contributed by atoms with E-state index in [9.17, 15) is 14.9 Å². The van der Waals surface area contributed by atoms with Crippen molar-refractivity contribution in [2.24, 2.45) is 0 Å². The van der Waals surface area contributed by atoms with Crippen LogP contribution in [-0.4, -0.2) is 33.2 Å². The van der Waals surface area contributed by atoms with Crippen molar-refractivity contribution in [1.29, 1.82) is 0 Å². The number of nitrogens with zero attached hydrogens (tertiary/aromatic N) is 3. The van der Waals surface area contributed by atoms with E-state index < -0.39 is 4.92 Å². The number of thiazole rings is 2. The molecule has 0 unspecified atom stereocenters. The van der Waals surface area contributed by atoms with Crippen LogP contribution >= 0.6 is 34.4 Å². The number of rotatable bonds is 7. The third-order valence-corrected chi connectivity index (χ3v) is 5.92. The molecule has 8 nitrogen and oxygen atoms in total. The lowest BCUT2D eigenvalue weighted by Crippen LogP contribution is -2.13. The predicted molar refractivity (Wildman–Crippen MR) is 98.9 cm³/mol. The van der Waals surface area contributed by atoms with Gasteiger partial charge < -0.3 is 10.1 Å². The molecular formula is C14H12N4O4S3. The molecule has 0 saturated heterocycles. The Morgan fingerprint density at radius 2 is 2.28 bits per heavy atom. The van der Waals surface area contributed by atoms with Gasteiger partial charge in [0.2, 0.25) is 5.91 Å². The van der Waals surface area contributed by atoms with Crippen molar-refractivity contribution >= 4 is 60.7 Å². The van der Waals surface area contributed by atoms with Gasteiger partial charge in [0, 0.05) is 0 Å². The van der Waals surface area contributed by atoms with Gasteiger partial charge >= 0.3 is 5.00 Å². The van der Waals surface area contributed by atoms with Crippen LogP contribution in [-0.2, 0) is 4.79 Å². The van der Waals surface area contributed by atoms with Gasteiger partial charge in [0.15, 0.2) is 9.47 Å². The van der Waals surface area contributed by atoms with Gasteiger partial charge in [0.25, 0.3) is 0 Å². The van der Waals surface area contributed by atoms with E-state index in [1.807, 2.05) is 25.1 Å². The van der Waals surface area contributed by atoms with E-state index in [-0.39, 0.29) is 21.8 Å². The summed E-state index contributed by atoms with van der Waals surface area (Å²) < 4.78 is 7.22. The van der Waals surface area contributed by atoms with Crippen LogP contribution in [0.25, 0.3) is 10.2 Å². The first-order valence-electron chi connectivity index (χ1n) is 7.11. The highest BCUT2D eigenvalue weighted by molar-refractivity contribution is 8.01. The smallest absolute Gasteiger partial charge is 0.345 e. The van der Waals surface area contributed by atoms with Crippen LogP contribution in [0.1, 0.15) is 6.92 Å². The van der Waals surface area contributed by atoms with E-state index in [1.54, 1.807) is 0 Å². The molecule has 0 bridgehead atoms. The first-order valence-corrected chi connectivity index (χ1v) is 9.73. The number of anilines is 1. The number of carbonyl (C=O) groups is 1. The Kier molecular flexibility index (Phi) is 5.46. The summed E-state index contributed by atoms with van der Waals surface area (Å²) in [5.41, 5.74) is 0.854. The number of carbonyl (C=O) groups excluding carboxylic acids is 1. The molecule has 3 rings (SSSR count). The minimum Gasteiger partial charge on any atom is -0.494 e. The molecule has 2 heterocycles. The fourth-order valence-electron chi connectivity index (χ4n) is 1.89. The van der Waals surface area contributed by atoms with Crippen molar-refractivity contribution in [3.05, 3.63) is 34.5 Å². The second-order valence-corrected chi connectivity index (χ2v) is 7.90. The Morgan fingerprint density at radius 3 is 3.00 bits per heavy atom. The zero-order valence-corrected chi connectivity index (χ0v) is 15.4. The Morgan fingerprint density at radius 1 is 1.44 bits per heavy atom. The van der Waals surface area contributed by atoms with E-state index in [0.717, 1.165) is 37.8 Å². The fourth-order valence-corrected chi connectivity index (χ4v) is 4.44. The number of benzene rings is 1. The van der Waals surface area contributed by atoms with Gasteiger partial charge in [-0.15, -0.1) is 11.3 Å². The number of thioether (sulfide) groups is 1. The average Bonchev–Trinajstić information content (AvgIpc) is 3.19. The number of aromatic nitrogens is 2. The quantitative estimate of drug-likeness (QED) is 0.368. The number of ether oxygens (including phenoxy) is 1. The van der Waals surface area contributed by atoms with Crippen LogP contribution in [0.3, 0.4) is 0 Å². The van der Waals surface area contributed by atoms with E-state index in [0.29, 0.717) is 6.61 Å². The van der Waals surface area contributed by atoms with Crippen molar-refractivity contribution in [3.63, 3.8) is 0 Å². The van der Waals surface area contributed by atoms with Gasteiger partial charge in [0.05, 0.1) is 27.5 Å². The highest BCUT2D eigenvalue weighted by Crippen LogP contribution is 2.32. The standard InChI is InChI=1S/C14H12N4O4S3/c1-2-22-8-3-4-9-10(5-8)24-14(16-9)23-7-11(19)17-13-15-6-12(25-13)18(20)21/h3-6H,2,7H2,1H3,(H,15,17,19). The summed E-state index contributed by atoms with van der Waals surface area (Å²) in [7, 11) is 0. The summed E-state index contributed by atoms with van der Waals surface area (Å²) in [6.07, 6.45) is 1.12. The number of amides is 1. The van der Waals surface area contributed by atoms with Crippen molar-refractivity contribution in [2.75, 3.05) is 17.7 Å². The topological polar surface area (TPSA) is 107 Å². The molecule has 1 aromatic carbocycles. The summed E-state index contributed by atoms with van der Waals surface area (Å²) in [6, 6.07) is 5.67. The third kappa shape index (κ3) is 4.44. The van der Waals surface area contributed by atoms with E-state index in [1.165, 1.54) is 23.1 Å². The van der Waals surface area contributed by atoms with E-state index >= 15 is 0 Å². The van der Waals surface area contributed by atoms with Crippen molar-refractivity contribution in [2.45, 2.75) is 11.3 Å². The highest BCUT2D eigenvalue weighted by atomic mass is 32.2. The van der Waals surface area contributed by atoms with Gasteiger partial charge in [-0.2, -0.15) is 0 Å². The van der Waals surface area contributed by atoms with Crippen molar-refractivity contribution < 1.29 is 14.5 Å². The molecule has 1 amide bonds. The molecular weight excluding hydrogens is 384 g/mol. The van der Waals surface area contributed by atoms with Gasteiger partial charge in [0.1, 0.15) is 11.9 Å². The second-order valence-electron chi connectivity index (χ2n) is 4.64. The molecule has 2 aromatic heterocycles. The Labute approximate surface area is 154 Å². The summed E-state index contributed by atoms with van der Waals surface area (Å²) in [5.74, 6) is 0.646. The molecule has 0 aliphatic carbocycles. The molecule has 0 spiro atoms. The van der Waals surface area contributed by atoms with Crippen LogP contribution in [0.5, 0.6) is 5.75 Å². The Bertz CT molecular complexity index is 924. The molecule has 25 heavy (non-hydrogen) atoms. The zero-order valence-electron chi connectivity index (χ0n) is 12.9. The molecule has 1 N–H and O–H groups in total. The Hall–Kier alpha value is -2.24. The maximum Gasteiger partial charge on any atom is 0.345 e. The summed E-state index contributed by atoms with van der Waals surface area (Å²) in [4.78, 5) is 30.3. The number of nitrogens with one attached hydrogen (secondary N) is 1. The molecule has 0 radical (unpaired) electrons. The predicted octanol–water partition coefficient (Wildman–Crippen LogP) is 3.79. The molecule has 0 saturated carbocycles. The monoisotopic (exact) mass is 396 g/mol. The number of hydrogen-bond donors (Lipinski definition) is 1. The lowest BCUT2D eigenvalue weighted by Gasteiger charge is -2.00. The largest absolute Gasteiger partial charge is 0.494 e. The minimum absolute atomic E-state index is 0.112. The number of hydrogen-bond acceptors (Lipinski definition) is 9. The van der Waals surface area contributed by atoms with Crippen LogP contribution in [0.2, 0.25) is 0 Å². The van der Waals surface area contributed by atoms with Gasteiger partial charge in [-0.1, -0.05) is 11.8 Å². The van der Waals surface area contributed by atoms with Gasteiger partial charge in [-0.05, 0) is 36.5 Å². The maximum atomic E-state index is 11.9. The zero-order chi connectivity index (χ0) is 17.8. The average molecular weight is 396 g/mol. The van der Waals surface area contributed by atoms with Crippen LogP contribution in [0, 0.1) is 10.1 Å². The molecule has 11 heteroatoms. The van der Waals surface area contributed by atoms with E-state index in [2.05, 4.69) is 15.3 Å². The molecule has 0 aliphatic rings. The first-order chi connectivity index (χ1) is 12.0. The highest BCUT2D eigenvalue weighted by Gasteiger charge is 2.14. The van der Waals surface area contributed by atoms with Crippen LogP contribution in [0.4, 0.5) is 10.1 Å². The lowest BCUT2D eigenvalue weighted by molar-refractivity contribution is -0.380.